The number of hydrogen-bond acceptors (Lipinski definition) is 3. The summed E-state index contributed by atoms with van der Waals surface area (Å²) in [5, 5.41) is 4.07. The van der Waals surface area contributed by atoms with E-state index in [1.807, 2.05) is 33.0 Å². The van der Waals surface area contributed by atoms with E-state index in [4.69, 9.17) is 0 Å². The fourth-order valence-corrected chi connectivity index (χ4v) is 3.63. The maximum atomic E-state index is 12.4. The number of nitrogens with one attached hydrogen (secondary N) is 2. The van der Waals surface area contributed by atoms with Crippen LogP contribution in [0.3, 0.4) is 0 Å². The molecule has 0 saturated heterocycles. The fraction of sp³-hybridized carbons (Fsp3) is 0.312. The van der Waals surface area contributed by atoms with Crippen LogP contribution in [0.2, 0.25) is 0 Å². The number of aromatic nitrogens is 1. The summed E-state index contributed by atoms with van der Waals surface area (Å²) in [5.74, 6) is 0. The lowest BCUT2D eigenvalue weighted by Gasteiger charge is -2.09. The van der Waals surface area contributed by atoms with Crippen molar-refractivity contribution in [3.63, 3.8) is 0 Å². The molecule has 1 aromatic carbocycles. The molecule has 22 heavy (non-hydrogen) atoms. The van der Waals surface area contributed by atoms with E-state index >= 15 is 0 Å². The number of H-pyrrole nitrogens is 1. The Labute approximate surface area is 131 Å². The molecule has 0 aliphatic carbocycles. The molecule has 1 heterocycles. The van der Waals surface area contributed by atoms with Gasteiger partial charge in [0.1, 0.15) is 0 Å². The average Bonchev–Trinajstić information content (AvgIpc) is 2.78. The number of benzene rings is 1. The third kappa shape index (κ3) is 3.22. The second-order valence-electron chi connectivity index (χ2n) is 5.53. The van der Waals surface area contributed by atoms with E-state index in [9.17, 15) is 8.42 Å². The minimum atomic E-state index is -3.67. The lowest BCUT2D eigenvalue weighted by Crippen LogP contribution is -2.21. The summed E-state index contributed by atoms with van der Waals surface area (Å²) in [4.78, 5) is 5.69. The first-order chi connectivity index (χ1) is 10.2. The highest BCUT2D eigenvalue weighted by atomic mass is 32.2. The van der Waals surface area contributed by atoms with Gasteiger partial charge in [0.05, 0.1) is 10.6 Å². The van der Waals surface area contributed by atoms with Crippen molar-refractivity contribution in [2.45, 2.75) is 39.5 Å². The lowest BCUT2D eigenvalue weighted by molar-refractivity contribution is 0.583. The van der Waals surface area contributed by atoms with Crippen LogP contribution in [0.4, 0.5) is 0 Å². The fourth-order valence-electron chi connectivity index (χ4n) is 2.44. The van der Waals surface area contributed by atoms with Crippen LogP contribution in [0, 0.1) is 27.7 Å². The number of nitrogens with zero attached hydrogens (tertiary/aromatic N) is 1. The van der Waals surface area contributed by atoms with Gasteiger partial charge in [-0.25, -0.2) is 0 Å². The number of sulfonamides is 1. The number of hydrogen-bond donors (Lipinski definition) is 2. The summed E-state index contributed by atoms with van der Waals surface area (Å²) >= 11 is 0. The molecule has 0 aliphatic rings. The molecular formula is C16H21N3O2S. The van der Waals surface area contributed by atoms with Crippen molar-refractivity contribution in [1.82, 2.24) is 9.82 Å². The number of aromatic amines is 1. The average molecular weight is 319 g/mol. The van der Waals surface area contributed by atoms with Crippen LogP contribution in [-0.4, -0.2) is 19.1 Å². The van der Waals surface area contributed by atoms with Crippen molar-refractivity contribution in [3.8, 4) is 0 Å². The van der Waals surface area contributed by atoms with E-state index in [1.54, 1.807) is 26.0 Å². The zero-order valence-electron chi connectivity index (χ0n) is 13.5. The molecule has 2 N–H and O–H groups in total. The largest absolute Gasteiger partial charge is 0.364 e. The van der Waals surface area contributed by atoms with Gasteiger partial charge in [-0.3, -0.25) is 0 Å². The zero-order chi connectivity index (χ0) is 16.5. The van der Waals surface area contributed by atoms with Crippen LogP contribution in [-0.2, 0) is 10.0 Å². The highest BCUT2D eigenvalue weighted by molar-refractivity contribution is 7.89. The Kier molecular flexibility index (Phi) is 4.42. The van der Waals surface area contributed by atoms with Gasteiger partial charge in [-0.2, -0.15) is 18.4 Å². The van der Waals surface area contributed by atoms with Crippen LogP contribution in [0.5, 0.6) is 0 Å². The first kappa shape index (κ1) is 16.3. The molecule has 1 aromatic heterocycles. The monoisotopic (exact) mass is 319 g/mol. The van der Waals surface area contributed by atoms with E-state index in [1.165, 1.54) is 0 Å². The predicted molar refractivity (Wildman–Crippen MR) is 88.7 cm³/mol. The maximum Gasteiger partial charge on any atom is 0.276 e. The van der Waals surface area contributed by atoms with Gasteiger partial charge >= 0.3 is 0 Å². The van der Waals surface area contributed by atoms with Gasteiger partial charge in [0.25, 0.3) is 10.0 Å². The molecule has 2 rings (SSSR count). The number of hydrazone groups is 1. The highest BCUT2D eigenvalue weighted by Crippen LogP contribution is 2.17. The molecule has 0 bridgehead atoms. The molecule has 6 heteroatoms. The Morgan fingerprint density at radius 3 is 2.41 bits per heavy atom. The van der Waals surface area contributed by atoms with Gasteiger partial charge in [-0.1, -0.05) is 12.1 Å². The van der Waals surface area contributed by atoms with Gasteiger partial charge in [0.15, 0.2) is 0 Å². The molecule has 0 unspecified atom stereocenters. The number of rotatable bonds is 4. The zero-order valence-corrected chi connectivity index (χ0v) is 14.3. The number of aryl methyl sites for hydroxylation is 4. The molecule has 118 valence electrons. The molecule has 0 atom stereocenters. The van der Waals surface area contributed by atoms with Crippen LogP contribution < -0.4 is 4.83 Å². The molecule has 2 aromatic rings. The molecule has 0 aliphatic heterocycles. The van der Waals surface area contributed by atoms with Gasteiger partial charge in [-0.15, -0.1) is 0 Å². The summed E-state index contributed by atoms with van der Waals surface area (Å²) in [6.45, 7) is 9.30. The van der Waals surface area contributed by atoms with Gasteiger partial charge in [-0.05, 0) is 57.4 Å². The van der Waals surface area contributed by atoms with E-state index in [0.29, 0.717) is 11.3 Å². The maximum absolute atomic E-state index is 12.4. The Hall–Kier alpha value is -2.08. The smallest absolute Gasteiger partial charge is 0.276 e. The Morgan fingerprint density at radius 1 is 1.14 bits per heavy atom. The molecule has 0 amide bonds. The third-order valence-electron chi connectivity index (χ3n) is 3.60. The van der Waals surface area contributed by atoms with Crippen molar-refractivity contribution >= 4 is 15.7 Å². The molecule has 0 spiro atoms. The summed E-state index contributed by atoms with van der Waals surface area (Å²) < 4.78 is 24.8. The third-order valence-corrected chi connectivity index (χ3v) is 4.95. The molecule has 0 radical (unpaired) electrons. The van der Waals surface area contributed by atoms with Gasteiger partial charge in [0.2, 0.25) is 0 Å². The molecule has 5 nitrogen and oxygen atoms in total. The van der Waals surface area contributed by atoms with Crippen molar-refractivity contribution in [1.29, 1.82) is 0 Å². The summed E-state index contributed by atoms with van der Waals surface area (Å²) in [5.41, 5.74) is 5.15. The van der Waals surface area contributed by atoms with Crippen LogP contribution >= 0.6 is 0 Å². The van der Waals surface area contributed by atoms with E-state index in [-0.39, 0.29) is 4.90 Å². The van der Waals surface area contributed by atoms with E-state index < -0.39 is 10.0 Å². The van der Waals surface area contributed by atoms with Crippen LogP contribution in [0.1, 0.15) is 34.9 Å². The summed E-state index contributed by atoms with van der Waals surface area (Å²) in [6, 6.07) is 5.33. The normalized spacial score (nSPS) is 12.5. The van der Waals surface area contributed by atoms with Crippen molar-refractivity contribution in [2.75, 3.05) is 0 Å². The van der Waals surface area contributed by atoms with Crippen LogP contribution in [0.15, 0.2) is 34.4 Å². The van der Waals surface area contributed by atoms with E-state index in [0.717, 1.165) is 22.4 Å². The standard InChI is InChI=1S/C16H21N3O2S/c1-10-6-7-11(2)15(8-10)22(20,21)19-18-14(5)16-12(3)9-17-13(16)4/h6-9,17,19H,1-5H3/b18-14+. The Bertz CT molecular complexity index is 814. The molecule has 0 saturated carbocycles. The van der Waals surface area contributed by atoms with Crippen molar-refractivity contribution in [2.24, 2.45) is 5.10 Å². The second kappa shape index (κ2) is 5.96. The van der Waals surface area contributed by atoms with Crippen LogP contribution in [0.25, 0.3) is 0 Å². The minimum absolute atomic E-state index is 0.256. The highest BCUT2D eigenvalue weighted by Gasteiger charge is 2.17. The molecular weight excluding hydrogens is 298 g/mol. The van der Waals surface area contributed by atoms with E-state index in [2.05, 4.69) is 14.9 Å². The SMILES string of the molecule is C/C(=N\NS(=O)(=O)c1cc(C)ccc1C)c1c(C)c[nH]c1C. The van der Waals surface area contributed by atoms with Crippen molar-refractivity contribution < 1.29 is 8.42 Å². The Morgan fingerprint density at radius 2 is 1.82 bits per heavy atom. The first-order valence-corrected chi connectivity index (χ1v) is 8.49. The lowest BCUT2D eigenvalue weighted by atomic mass is 10.1. The van der Waals surface area contributed by atoms with Gasteiger partial charge < -0.3 is 4.98 Å². The first-order valence-electron chi connectivity index (χ1n) is 7.00. The quantitative estimate of drug-likeness (QED) is 0.671. The second-order valence-corrected chi connectivity index (χ2v) is 7.16. The van der Waals surface area contributed by atoms with Crippen molar-refractivity contribution in [3.05, 3.63) is 52.3 Å². The predicted octanol–water partition coefficient (Wildman–Crippen LogP) is 2.95. The summed E-state index contributed by atoms with van der Waals surface area (Å²) in [6.07, 6.45) is 1.88. The topological polar surface area (TPSA) is 74.3 Å². The Balaban J connectivity index is 2.34. The summed E-state index contributed by atoms with van der Waals surface area (Å²) in [7, 11) is -3.67. The molecule has 0 fully saturated rings. The minimum Gasteiger partial charge on any atom is -0.364 e. The van der Waals surface area contributed by atoms with Gasteiger partial charge in [0, 0.05) is 17.5 Å².